The maximum atomic E-state index is 13.4. The van der Waals surface area contributed by atoms with E-state index in [1.807, 2.05) is 54.6 Å². The van der Waals surface area contributed by atoms with E-state index in [2.05, 4.69) is 4.90 Å². The number of aromatic hydroxyl groups is 1. The van der Waals surface area contributed by atoms with Crippen molar-refractivity contribution in [2.75, 3.05) is 11.5 Å². The van der Waals surface area contributed by atoms with Gasteiger partial charge >= 0.3 is 0 Å². The third-order valence-electron chi connectivity index (χ3n) is 9.34. The zero-order valence-corrected chi connectivity index (χ0v) is 26.3. The number of anilines is 1. The Labute approximate surface area is 277 Å². The van der Waals surface area contributed by atoms with E-state index in [9.17, 15) is 35.0 Å². The highest BCUT2D eigenvalue weighted by atomic mass is 32.1. The monoisotopic (exact) mass is 659 g/mol. The highest BCUT2D eigenvalue weighted by molar-refractivity contribution is 7.80. The summed E-state index contributed by atoms with van der Waals surface area (Å²) < 4.78 is 19.1. The van der Waals surface area contributed by atoms with E-state index in [1.165, 1.54) is 12.1 Å². The summed E-state index contributed by atoms with van der Waals surface area (Å²) in [6.07, 6.45) is -5.33. The van der Waals surface area contributed by atoms with Crippen molar-refractivity contribution in [2.45, 2.75) is 61.9 Å². The van der Waals surface area contributed by atoms with Crippen molar-refractivity contribution in [3.8, 4) is 16.9 Å². The van der Waals surface area contributed by atoms with Crippen LogP contribution in [0.5, 0.6) is 5.75 Å². The van der Waals surface area contributed by atoms with Gasteiger partial charge in [0, 0.05) is 17.7 Å². The molecule has 0 bridgehead atoms. The lowest BCUT2D eigenvalue weighted by Gasteiger charge is -2.40. The number of nitrogens with zero attached hydrogens (tertiary/aromatic N) is 1. The first-order valence-electron chi connectivity index (χ1n) is 15.7. The second-order valence-corrected chi connectivity index (χ2v) is 12.8. The summed E-state index contributed by atoms with van der Waals surface area (Å²) in [6, 6.07) is 28.0. The molecule has 2 aliphatic heterocycles. The number of hydrogen-bond acceptors (Lipinski definition) is 8. The van der Waals surface area contributed by atoms with Crippen LogP contribution in [0.25, 0.3) is 11.1 Å². The van der Waals surface area contributed by atoms with Crippen molar-refractivity contribution in [1.82, 2.24) is 0 Å². The second kappa shape index (κ2) is 14.2. The molecule has 0 aromatic heterocycles. The second-order valence-electron chi connectivity index (χ2n) is 12.3. The molecule has 4 aromatic carbocycles. The van der Waals surface area contributed by atoms with E-state index < -0.39 is 43.2 Å². The normalized spacial score (nSPS) is 26.8. The quantitative estimate of drug-likeness (QED) is 0.136. The van der Waals surface area contributed by atoms with Crippen LogP contribution >= 0.6 is 12.2 Å². The Morgan fingerprint density at radius 1 is 0.851 bits per heavy atom. The van der Waals surface area contributed by atoms with Gasteiger partial charge in [-0.05, 0) is 71.3 Å². The van der Waals surface area contributed by atoms with Crippen LogP contribution in [0.4, 0.5) is 10.1 Å². The van der Waals surface area contributed by atoms with Crippen LogP contribution in [0.2, 0.25) is 0 Å². The molecule has 0 saturated carbocycles. The number of rotatable bonds is 9. The Morgan fingerprint density at radius 3 is 2.19 bits per heavy atom. The van der Waals surface area contributed by atoms with Gasteiger partial charge in [0.15, 0.2) is 0 Å². The number of thiocarbonyl (C=S) groups is 1. The van der Waals surface area contributed by atoms with Crippen LogP contribution in [0, 0.1) is 11.7 Å². The fourth-order valence-electron chi connectivity index (χ4n) is 6.79. The molecular weight excluding hydrogens is 621 g/mol. The van der Waals surface area contributed by atoms with Gasteiger partial charge in [-0.2, -0.15) is 0 Å². The van der Waals surface area contributed by atoms with Gasteiger partial charge in [0.05, 0.1) is 23.7 Å². The number of aliphatic hydroxyl groups is 5. The molecular formula is C37H38FNO7S. The van der Waals surface area contributed by atoms with E-state index in [1.54, 1.807) is 30.3 Å². The summed E-state index contributed by atoms with van der Waals surface area (Å²) >= 11 is 5.88. The number of ether oxygens (including phenoxy) is 1. The van der Waals surface area contributed by atoms with Gasteiger partial charge in [-0.25, -0.2) is 4.39 Å². The molecule has 0 aliphatic carbocycles. The largest absolute Gasteiger partial charge is 0.508 e. The molecule has 2 aliphatic rings. The van der Waals surface area contributed by atoms with E-state index >= 15 is 0 Å². The Morgan fingerprint density at radius 2 is 1.53 bits per heavy atom. The lowest BCUT2D eigenvalue weighted by Crippen LogP contribution is -2.55. The zero-order chi connectivity index (χ0) is 33.2. The van der Waals surface area contributed by atoms with Crippen LogP contribution in [-0.4, -0.2) is 66.7 Å². The fraction of sp³-hybridized carbons (Fsp3) is 0.324. The summed E-state index contributed by atoms with van der Waals surface area (Å²) in [7, 11) is 0. The Hall–Kier alpha value is -3.74. The van der Waals surface area contributed by atoms with Gasteiger partial charge in [0.1, 0.15) is 42.1 Å². The number of aliphatic hydroxyl groups excluding tert-OH is 5. The third-order valence-corrected chi connectivity index (χ3v) is 9.71. The first-order valence-corrected chi connectivity index (χ1v) is 16.1. The third kappa shape index (κ3) is 6.81. The van der Waals surface area contributed by atoms with Gasteiger partial charge in [0.2, 0.25) is 0 Å². The Bertz CT molecular complexity index is 1670. The minimum Gasteiger partial charge on any atom is -0.508 e. The molecule has 2 heterocycles. The average Bonchev–Trinajstić information content (AvgIpc) is 3.42. The lowest BCUT2D eigenvalue weighted by molar-refractivity contribution is -0.231. The lowest BCUT2D eigenvalue weighted by atomic mass is 9.86. The average molecular weight is 660 g/mol. The smallest absolute Gasteiger partial charge is 0.123 e. The van der Waals surface area contributed by atoms with Crippen molar-refractivity contribution in [2.24, 2.45) is 5.92 Å². The summed E-state index contributed by atoms with van der Waals surface area (Å²) in [4.78, 5) is 2.82. The van der Waals surface area contributed by atoms with Crippen LogP contribution in [0.3, 0.4) is 0 Å². The van der Waals surface area contributed by atoms with Crippen LogP contribution in [0.1, 0.15) is 54.2 Å². The minimum absolute atomic E-state index is 0.00706. The first-order chi connectivity index (χ1) is 22.7. The number of hydrogen-bond donors (Lipinski definition) is 6. The molecule has 6 N–H and O–H groups in total. The molecule has 8 nitrogen and oxygen atoms in total. The van der Waals surface area contributed by atoms with E-state index in [4.69, 9.17) is 17.0 Å². The number of phenolic OH excluding ortho intramolecular Hbond substituents is 1. The maximum Gasteiger partial charge on any atom is 0.123 e. The molecule has 246 valence electrons. The van der Waals surface area contributed by atoms with E-state index in [-0.39, 0.29) is 23.5 Å². The SMILES string of the molecule is OC[C@H]1O[C@@H](c2ccc(-c3ccc([C@@H]4[C@H](CCC(O)c5ccc(F)cc5)CC(=S)N4c4ccccc4)c(O)c3)cc2)[C@H](O)[C@@H](O)[C@@H]1O. The topological polar surface area (TPSA) is 134 Å². The highest BCUT2D eigenvalue weighted by Crippen LogP contribution is 2.47. The van der Waals surface area contributed by atoms with Crippen molar-refractivity contribution in [3.63, 3.8) is 0 Å². The van der Waals surface area contributed by atoms with E-state index in [0.717, 1.165) is 21.8 Å². The van der Waals surface area contributed by atoms with Crippen molar-refractivity contribution in [1.29, 1.82) is 0 Å². The van der Waals surface area contributed by atoms with Gasteiger partial charge in [-0.15, -0.1) is 0 Å². The van der Waals surface area contributed by atoms with Crippen LogP contribution in [-0.2, 0) is 4.74 Å². The van der Waals surface area contributed by atoms with Gasteiger partial charge in [-0.3, -0.25) is 0 Å². The molecule has 4 aromatic rings. The van der Waals surface area contributed by atoms with Gasteiger partial charge in [0.25, 0.3) is 0 Å². The molecule has 8 atom stereocenters. The number of para-hydroxylation sites is 1. The maximum absolute atomic E-state index is 13.4. The molecule has 47 heavy (non-hydrogen) atoms. The minimum atomic E-state index is -1.47. The van der Waals surface area contributed by atoms with Crippen molar-refractivity contribution in [3.05, 3.63) is 120 Å². The van der Waals surface area contributed by atoms with E-state index in [0.29, 0.717) is 36.0 Å². The standard InChI is InChI=1S/C37H38FNO7S/c38-26-14-10-22(11-15-26)29(41)17-13-25-19-32(47)39(27-4-2-1-3-5-27)33(25)28-16-12-24(18-30(28)42)21-6-8-23(9-7-21)37-36(45)35(44)34(43)31(20-40)46-37/h1-12,14-16,18,25,29,31,33-37,40-45H,13,17,19-20H2/t25-,29?,31-,33+,34-,35+,36-,37+/m1/s1. The molecule has 0 radical (unpaired) electrons. The van der Waals surface area contributed by atoms with Gasteiger partial charge < -0.3 is 40.3 Å². The predicted molar refractivity (Wildman–Crippen MR) is 179 cm³/mol. The van der Waals surface area contributed by atoms with Crippen molar-refractivity contribution < 1.29 is 39.8 Å². The Balaban J connectivity index is 1.25. The predicted octanol–water partition coefficient (Wildman–Crippen LogP) is 5.12. The molecule has 0 amide bonds. The summed E-state index contributed by atoms with van der Waals surface area (Å²) in [5.41, 5.74) is 4.37. The summed E-state index contributed by atoms with van der Waals surface area (Å²) in [5.74, 6) is -0.267. The molecule has 0 spiro atoms. The zero-order valence-electron chi connectivity index (χ0n) is 25.5. The first kappa shape index (κ1) is 33.2. The molecule has 2 saturated heterocycles. The fourth-order valence-corrected chi connectivity index (χ4v) is 7.22. The van der Waals surface area contributed by atoms with Gasteiger partial charge in [-0.1, -0.05) is 78.9 Å². The highest BCUT2D eigenvalue weighted by Gasteiger charge is 2.44. The van der Waals surface area contributed by atoms with Crippen LogP contribution < -0.4 is 4.90 Å². The number of halogens is 1. The molecule has 2 fully saturated rings. The Kier molecular flexibility index (Phi) is 10.00. The van der Waals surface area contributed by atoms with Crippen LogP contribution in [0.15, 0.2) is 97.1 Å². The number of benzene rings is 4. The molecule has 1 unspecified atom stereocenters. The number of phenols is 1. The molecule has 6 rings (SSSR count). The van der Waals surface area contributed by atoms with Crippen molar-refractivity contribution >= 4 is 22.9 Å². The summed E-state index contributed by atoms with van der Waals surface area (Å²) in [5, 5.41) is 62.7. The molecule has 10 heteroatoms. The summed E-state index contributed by atoms with van der Waals surface area (Å²) in [6.45, 7) is -0.506.